The number of likely N-dealkylation sites (tertiary alicyclic amines) is 1. The molecule has 1 saturated heterocycles. The van der Waals surface area contributed by atoms with Gasteiger partial charge in [0.2, 0.25) is 5.91 Å². The Morgan fingerprint density at radius 1 is 1.17 bits per heavy atom. The molecule has 2 heterocycles. The summed E-state index contributed by atoms with van der Waals surface area (Å²) in [6, 6.07) is 3.30. The quantitative estimate of drug-likeness (QED) is 0.850. The Kier molecular flexibility index (Phi) is 4.71. The molecular formula is C17H24N2O3S. The minimum atomic E-state index is -3.27. The highest BCUT2D eigenvalue weighted by Gasteiger charge is 2.32. The maximum atomic E-state index is 12.5. The third-order valence-corrected chi connectivity index (χ3v) is 6.24. The molecule has 0 spiro atoms. The van der Waals surface area contributed by atoms with Crippen LogP contribution in [0.4, 0.5) is 0 Å². The van der Waals surface area contributed by atoms with E-state index >= 15 is 0 Å². The van der Waals surface area contributed by atoms with Gasteiger partial charge in [0.15, 0.2) is 9.84 Å². The molecule has 1 aromatic rings. The van der Waals surface area contributed by atoms with Crippen LogP contribution in [0.15, 0.2) is 23.2 Å². The van der Waals surface area contributed by atoms with Crippen molar-refractivity contribution in [3.8, 4) is 0 Å². The van der Waals surface area contributed by atoms with E-state index < -0.39 is 9.84 Å². The van der Waals surface area contributed by atoms with Crippen molar-refractivity contribution in [3.63, 3.8) is 0 Å². The SMILES string of the molecule is CS(=O)(=O)c1cccnc1C1CCN(C(=O)C2CCCC2)CC1. The minimum absolute atomic E-state index is 0.119. The van der Waals surface area contributed by atoms with Crippen LogP contribution in [-0.2, 0) is 14.6 Å². The van der Waals surface area contributed by atoms with E-state index in [0.29, 0.717) is 29.6 Å². The van der Waals surface area contributed by atoms with Gasteiger partial charge in [-0.25, -0.2) is 8.42 Å². The summed E-state index contributed by atoms with van der Waals surface area (Å²) in [4.78, 5) is 19.1. The fourth-order valence-electron chi connectivity index (χ4n) is 3.83. The van der Waals surface area contributed by atoms with Gasteiger partial charge in [-0.2, -0.15) is 0 Å². The Morgan fingerprint density at radius 2 is 1.83 bits per heavy atom. The zero-order chi connectivity index (χ0) is 16.4. The predicted octanol–water partition coefficient (Wildman–Crippen LogP) is 2.38. The average molecular weight is 336 g/mol. The number of aromatic nitrogens is 1. The van der Waals surface area contributed by atoms with Gasteiger partial charge in [-0.3, -0.25) is 9.78 Å². The molecular weight excluding hydrogens is 312 g/mol. The van der Waals surface area contributed by atoms with E-state index in [1.807, 2.05) is 4.90 Å². The van der Waals surface area contributed by atoms with Crippen LogP contribution in [0.5, 0.6) is 0 Å². The normalized spacial score (nSPS) is 20.8. The molecule has 1 saturated carbocycles. The molecule has 1 aliphatic carbocycles. The van der Waals surface area contributed by atoms with Crippen molar-refractivity contribution in [1.82, 2.24) is 9.88 Å². The molecule has 23 heavy (non-hydrogen) atoms. The lowest BCUT2D eigenvalue weighted by molar-refractivity contribution is -0.136. The first-order valence-electron chi connectivity index (χ1n) is 8.40. The number of hydrogen-bond acceptors (Lipinski definition) is 4. The van der Waals surface area contributed by atoms with E-state index in [4.69, 9.17) is 0 Å². The minimum Gasteiger partial charge on any atom is -0.342 e. The lowest BCUT2D eigenvalue weighted by atomic mass is 9.92. The standard InChI is InChI=1S/C17H24N2O3S/c1-23(21,22)15-7-4-10-18-16(15)13-8-11-19(12-9-13)17(20)14-5-2-3-6-14/h4,7,10,13-14H,2-3,5-6,8-9,11-12H2,1H3. The molecule has 2 fully saturated rings. The first-order chi connectivity index (χ1) is 11.0. The van der Waals surface area contributed by atoms with Gasteiger partial charge in [0.05, 0.1) is 10.6 Å². The molecule has 0 atom stereocenters. The maximum Gasteiger partial charge on any atom is 0.225 e. The Bertz CT molecular complexity index is 673. The Balaban J connectivity index is 1.69. The largest absolute Gasteiger partial charge is 0.342 e. The van der Waals surface area contributed by atoms with Gasteiger partial charge in [0.25, 0.3) is 0 Å². The van der Waals surface area contributed by atoms with Crippen molar-refractivity contribution in [1.29, 1.82) is 0 Å². The molecule has 6 heteroatoms. The molecule has 0 unspecified atom stereocenters. The summed E-state index contributed by atoms with van der Waals surface area (Å²) in [7, 11) is -3.27. The second-order valence-corrected chi connectivity index (χ2v) is 8.72. The maximum absolute atomic E-state index is 12.5. The Morgan fingerprint density at radius 3 is 2.43 bits per heavy atom. The van der Waals surface area contributed by atoms with Crippen LogP contribution < -0.4 is 0 Å². The highest BCUT2D eigenvalue weighted by Crippen LogP contribution is 2.33. The summed E-state index contributed by atoms with van der Waals surface area (Å²) in [5, 5.41) is 0. The van der Waals surface area contributed by atoms with Crippen molar-refractivity contribution in [2.24, 2.45) is 5.92 Å². The van der Waals surface area contributed by atoms with E-state index in [9.17, 15) is 13.2 Å². The Hall–Kier alpha value is -1.43. The van der Waals surface area contributed by atoms with Gasteiger partial charge in [-0.1, -0.05) is 12.8 Å². The summed E-state index contributed by atoms with van der Waals surface area (Å²) in [6.07, 6.45) is 8.84. The number of rotatable bonds is 3. The van der Waals surface area contributed by atoms with Gasteiger partial charge >= 0.3 is 0 Å². The number of pyridine rings is 1. The van der Waals surface area contributed by atoms with Crippen molar-refractivity contribution < 1.29 is 13.2 Å². The van der Waals surface area contributed by atoms with Crippen LogP contribution in [0.1, 0.15) is 50.1 Å². The second kappa shape index (κ2) is 6.59. The first kappa shape index (κ1) is 16.4. The highest BCUT2D eigenvalue weighted by atomic mass is 32.2. The van der Waals surface area contributed by atoms with Crippen LogP contribution in [0, 0.1) is 5.92 Å². The number of sulfone groups is 1. The van der Waals surface area contributed by atoms with Gasteiger partial charge in [-0.05, 0) is 37.8 Å². The van der Waals surface area contributed by atoms with E-state index in [0.717, 1.165) is 25.7 Å². The van der Waals surface area contributed by atoms with Crippen LogP contribution >= 0.6 is 0 Å². The number of piperidine rings is 1. The molecule has 1 aliphatic heterocycles. The average Bonchev–Trinajstić information content (AvgIpc) is 3.08. The van der Waals surface area contributed by atoms with Gasteiger partial charge in [-0.15, -0.1) is 0 Å². The molecule has 0 bridgehead atoms. The zero-order valence-electron chi connectivity index (χ0n) is 13.6. The third kappa shape index (κ3) is 3.57. The van der Waals surface area contributed by atoms with Crippen molar-refractivity contribution in [3.05, 3.63) is 24.0 Å². The fraction of sp³-hybridized carbons (Fsp3) is 0.647. The number of nitrogens with zero attached hydrogens (tertiary/aromatic N) is 2. The number of carbonyl (C=O) groups is 1. The van der Waals surface area contributed by atoms with E-state index in [2.05, 4.69) is 4.98 Å². The molecule has 0 aromatic carbocycles. The van der Waals surface area contributed by atoms with E-state index in [1.165, 1.54) is 19.1 Å². The summed E-state index contributed by atoms with van der Waals surface area (Å²) in [6.45, 7) is 1.42. The lowest BCUT2D eigenvalue weighted by Crippen LogP contribution is -2.41. The van der Waals surface area contributed by atoms with E-state index in [1.54, 1.807) is 18.3 Å². The van der Waals surface area contributed by atoms with Crippen molar-refractivity contribution >= 4 is 15.7 Å². The molecule has 0 radical (unpaired) electrons. The topological polar surface area (TPSA) is 67.3 Å². The van der Waals surface area contributed by atoms with Crippen LogP contribution in [0.3, 0.4) is 0 Å². The summed E-state index contributed by atoms with van der Waals surface area (Å²) < 4.78 is 23.9. The second-order valence-electron chi connectivity index (χ2n) is 6.74. The van der Waals surface area contributed by atoms with Gasteiger partial charge in [0.1, 0.15) is 0 Å². The van der Waals surface area contributed by atoms with Crippen molar-refractivity contribution in [2.45, 2.75) is 49.3 Å². The number of carbonyl (C=O) groups excluding carboxylic acids is 1. The molecule has 126 valence electrons. The first-order valence-corrected chi connectivity index (χ1v) is 10.3. The molecule has 5 nitrogen and oxygen atoms in total. The van der Waals surface area contributed by atoms with Crippen LogP contribution in [0.2, 0.25) is 0 Å². The van der Waals surface area contributed by atoms with E-state index in [-0.39, 0.29) is 11.8 Å². The monoisotopic (exact) mass is 336 g/mol. The summed E-state index contributed by atoms with van der Waals surface area (Å²) >= 11 is 0. The zero-order valence-corrected chi connectivity index (χ0v) is 14.4. The van der Waals surface area contributed by atoms with Gasteiger partial charge < -0.3 is 4.90 Å². The highest BCUT2D eigenvalue weighted by molar-refractivity contribution is 7.90. The van der Waals surface area contributed by atoms with Crippen molar-refractivity contribution in [2.75, 3.05) is 19.3 Å². The van der Waals surface area contributed by atoms with Gasteiger partial charge in [0, 0.05) is 37.4 Å². The Labute approximate surface area is 138 Å². The smallest absolute Gasteiger partial charge is 0.225 e. The van der Waals surface area contributed by atoms with Crippen LogP contribution in [0.25, 0.3) is 0 Å². The number of hydrogen-bond donors (Lipinski definition) is 0. The number of amides is 1. The molecule has 3 rings (SSSR count). The molecule has 1 aromatic heterocycles. The summed E-state index contributed by atoms with van der Waals surface area (Å²) in [5.41, 5.74) is 0.669. The molecule has 2 aliphatic rings. The lowest BCUT2D eigenvalue weighted by Gasteiger charge is -2.33. The predicted molar refractivity (Wildman–Crippen MR) is 87.9 cm³/mol. The molecule has 0 N–H and O–H groups in total. The van der Waals surface area contributed by atoms with Crippen LogP contribution in [-0.4, -0.2) is 43.6 Å². The molecule has 1 amide bonds. The fourth-order valence-corrected chi connectivity index (χ4v) is 4.75. The summed E-state index contributed by atoms with van der Waals surface area (Å²) in [5.74, 6) is 0.631. The third-order valence-electron chi connectivity index (χ3n) is 5.10.